The van der Waals surface area contributed by atoms with Gasteiger partial charge in [-0.25, -0.2) is 0 Å². The molecule has 54 valence electrons. The number of hydrogen-bond donors (Lipinski definition) is 1. The second-order valence-electron chi connectivity index (χ2n) is 2.39. The Kier molecular flexibility index (Phi) is 2.42. The number of aryl methyl sites for hydroxylation is 2. The first-order valence-electron chi connectivity index (χ1n) is 3.07. The lowest BCUT2D eigenvalue weighted by Crippen LogP contribution is -1.80. The third-order valence-electron chi connectivity index (χ3n) is 1.56. The summed E-state index contributed by atoms with van der Waals surface area (Å²) in [6.07, 6.45) is 0. The first kappa shape index (κ1) is 8.15. The van der Waals surface area contributed by atoms with Gasteiger partial charge >= 0.3 is 0 Å². The molecular formula is C8H9BrS. The van der Waals surface area contributed by atoms with Crippen LogP contribution in [-0.2, 0) is 0 Å². The lowest BCUT2D eigenvalue weighted by atomic mass is 10.1. The molecule has 0 fully saturated rings. The highest BCUT2D eigenvalue weighted by atomic mass is 79.9. The summed E-state index contributed by atoms with van der Waals surface area (Å²) in [5.74, 6) is 0. The van der Waals surface area contributed by atoms with Gasteiger partial charge in [0.1, 0.15) is 0 Å². The van der Waals surface area contributed by atoms with Crippen LogP contribution in [0.2, 0.25) is 0 Å². The van der Waals surface area contributed by atoms with Gasteiger partial charge in [-0.05, 0) is 53.0 Å². The van der Waals surface area contributed by atoms with Crippen molar-refractivity contribution in [1.29, 1.82) is 0 Å². The third-order valence-corrected chi connectivity index (χ3v) is 2.90. The predicted octanol–water partition coefficient (Wildman–Crippen LogP) is 3.35. The summed E-state index contributed by atoms with van der Waals surface area (Å²) in [5.41, 5.74) is 2.58. The van der Waals surface area contributed by atoms with E-state index in [0.29, 0.717) is 0 Å². The Morgan fingerprint density at radius 2 is 1.70 bits per heavy atom. The van der Waals surface area contributed by atoms with Gasteiger partial charge in [-0.1, -0.05) is 0 Å². The van der Waals surface area contributed by atoms with Crippen molar-refractivity contribution in [2.75, 3.05) is 0 Å². The fourth-order valence-electron chi connectivity index (χ4n) is 0.766. The van der Waals surface area contributed by atoms with E-state index in [4.69, 9.17) is 0 Å². The van der Waals surface area contributed by atoms with E-state index < -0.39 is 0 Å². The monoisotopic (exact) mass is 216 g/mol. The van der Waals surface area contributed by atoms with Crippen molar-refractivity contribution >= 4 is 28.6 Å². The number of hydrogen-bond acceptors (Lipinski definition) is 1. The van der Waals surface area contributed by atoms with E-state index >= 15 is 0 Å². The van der Waals surface area contributed by atoms with E-state index in [2.05, 4.69) is 54.5 Å². The summed E-state index contributed by atoms with van der Waals surface area (Å²) in [5, 5.41) is 0. The van der Waals surface area contributed by atoms with Crippen molar-refractivity contribution in [1.82, 2.24) is 0 Å². The summed E-state index contributed by atoms with van der Waals surface area (Å²) in [6, 6.07) is 4.14. The molecule has 2 heteroatoms. The predicted molar refractivity (Wildman–Crippen MR) is 50.9 cm³/mol. The van der Waals surface area contributed by atoms with Gasteiger partial charge in [-0.15, -0.1) is 12.6 Å². The largest absolute Gasteiger partial charge is 0.142 e. The van der Waals surface area contributed by atoms with Gasteiger partial charge in [-0.2, -0.15) is 0 Å². The molecule has 0 aliphatic heterocycles. The van der Waals surface area contributed by atoms with E-state index in [1.165, 1.54) is 11.1 Å². The first-order chi connectivity index (χ1) is 4.61. The van der Waals surface area contributed by atoms with Crippen molar-refractivity contribution < 1.29 is 0 Å². The van der Waals surface area contributed by atoms with Crippen LogP contribution < -0.4 is 0 Å². The van der Waals surface area contributed by atoms with Crippen molar-refractivity contribution in [3.63, 3.8) is 0 Å². The van der Waals surface area contributed by atoms with Gasteiger partial charge in [0, 0.05) is 9.37 Å². The number of halogens is 1. The molecule has 0 N–H and O–H groups in total. The molecule has 0 unspecified atom stereocenters. The minimum absolute atomic E-state index is 1.00. The molecule has 0 radical (unpaired) electrons. The van der Waals surface area contributed by atoms with Gasteiger partial charge in [0.2, 0.25) is 0 Å². The lowest BCUT2D eigenvalue weighted by molar-refractivity contribution is 1.26. The number of benzene rings is 1. The van der Waals surface area contributed by atoms with Crippen LogP contribution in [0.25, 0.3) is 0 Å². The molecule has 0 aliphatic rings. The quantitative estimate of drug-likeness (QED) is 0.633. The van der Waals surface area contributed by atoms with Crippen molar-refractivity contribution in [3.8, 4) is 0 Å². The minimum atomic E-state index is 1.00. The maximum absolute atomic E-state index is 4.27. The van der Waals surface area contributed by atoms with Gasteiger partial charge in [0.05, 0.1) is 0 Å². The Hall–Kier alpha value is 0.0500. The van der Waals surface area contributed by atoms with E-state index in [1.807, 2.05) is 0 Å². The third kappa shape index (κ3) is 1.55. The highest BCUT2D eigenvalue weighted by Crippen LogP contribution is 2.23. The number of rotatable bonds is 0. The van der Waals surface area contributed by atoms with Crippen LogP contribution in [0.15, 0.2) is 21.5 Å². The van der Waals surface area contributed by atoms with Crippen LogP contribution in [-0.4, -0.2) is 0 Å². The minimum Gasteiger partial charge on any atom is -0.142 e. The second kappa shape index (κ2) is 2.97. The molecule has 0 bridgehead atoms. The van der Waals surface area contributed by atoms with Crippen LogP contribution in [0.1, 0.15) is 11.1 Å². The van der Waals surface area contributed by atoms with Gasteiger partial charge < -0.3 is 0 Å². The molecule has 0 aliphatic carbocycles. The zero-order valence-electron chi connectivity index (χ0n) is 5.98. The van der Waals surface area contributed by atoms with E-state index in [9.17, 15) is 0 Å². The zero-order chi connectivity index (χ0) is 7.72. The molecule has 0 amide bonds. The summed E-state index contributed by atoms with van der Waals surface area (Å²) in [7, 11) is 0. The Morgan fingerprint density at radius 1 is 1.20 bits per heavy atom. The van der Waals surface area contributed by atoms with Crippen molar-refractivity contribution in [2.24, 2.45) is 0 Å². The van der Waals surface area contributed by atoms with Crippen LogP contribution >= 0.6 is 28.6 Å². The fraction of sp³-hybridized carbons (Fsp3) is 0.250. The second-order valence-corrected chi connectivity index (χ2v) is 3.72. The average Bonchev–Trinajstić information content (AvgIpc) is 1.84. The topological polar surface area (TPSA) is 0 Å². The molecular weight excluding hydrogens is 208 g/mol. The molecule has 0 nitrogen and oxygen atoms in total. The Bertz CT molecular complexity index is 205. The van der Waals surface area contributed by atoms with Crippen LogP contribution in [0.3, 0.4) is 0 Å². The lowest BCUT2D eigenvalue weighted by Gasteiger charge is -2.02. The summed E-state index contributed by atoms with van der Waals surface area (Å²) < 4.78 is 1.07. The molecule has 0 spiro atoms. The molecule has 0 saturated heterocycles. The van der Waals surface area contributed by atoms with Gasteiger partial charge in [-0.3, -0.25) is 0 Å². The maximum atomic E-state index is 4.27. The summed E-state index contributed by atoms with van der Waals surface area (Å²) in [4.78, 5) is 1.00. The molecule has 1 aromatic carbocycles. The van der Waals surface area contributed by atoms with Crippen LogP contribution in [0.4, 0.5) is 0 Å². The summed E-state index contributed by atoms with van der Waals surface area (Å²) >= 11 is 7.67. The smallest absolute Gasteiger partial charge is 0.0311 e. The molecule has 0 heterocycles. The molecule has 0 aromatic heterocycles. The van der Waals surface area contributed by atoms with Crippen molar-refractivity contribution in [2.45, 2.75) is 18.7 Å². The Balaban J connectivity index is 3.28. The highest BCUT2D eigenvalue weighted by molar-refractivity contribution is 9.10. The molecule has 0 saturated carbocycles. The van der Waals surface area contributed by atoms with E-state index in [1.54, 1.807) is 0 Å². The average molecular weight is 217 g/mol. The highest BCUT2D eigenvalue weighted by Gasteiger charge is 1.97. The van der Waals surface area contributed by atoms with E-state index in [-0.39, 0.29) is 0 Å². The molecule has 10 heavy (non-hydrogen) atoms. The van der Waals surface area contributed by atoms with Gasteiger partial charge in [0.25, 0.3) is 0 Å². The molecule has 0 atom stereocenters. The maximum Gasteiger partial charge on any atom is 0.0311 e. The zero-order valence-corrected chi connectivity index (χ0v) is 8.46. The van der Waals surface area contributed by atoms with Crippen molar-refractivity contribution in [3.05, 3.63) is 27.7 Å². The first-order valence-corrected chi connectivity index (χ1v) is 4.31. The summed E-state index contributed by atoms with van der Waals surface area (Å²) in [6.45, 7) is 4.18. The van der Waals surface area contributed by atoms with Crippen LogP contribution in [0.5, 0.6) is 0 Å². The normalized spacial score (nSPS) is 10.0. The van der Waals surface area contributed by atoms with Crippen LogP contribution in [0, 0.1) is 13.8 Å². The van der Waals surface area contributed by atoms with Gasteiger partial charge in [0.15, 0.2) is 0 Å². The molecule has 1 rings (SSSR count). The Labute approximate surface area is 75.2 Å². The number of thiol groups is 1. The SMILES string of the molecule is Cc1cc(S)c(Br)cc1C. The Morgan fingerprint density at radius 3 is 2.20 bits per heavy atom. The fourth-order valence-corrected chi connectivity index (χ4v) is 1.48. The van der Waals surface area contributed by atoms with E-state index in [0.717, 1.165) is 9.37 Å². The molecule has 1 aromatic rings. The standard InChI is InChI=1S/C8H9BrS/c1-5-3-7(9)8(10)4-6(5)2/h3-4,10H,1-2H3.